The van der Waals surface area contributed by atoms with Gasteiger partial charge in [-0.3, -0.25) is 0 Å². The van der Waals surface area contributed by atoms with Gasteiger partial charge in [-0.25, -0.2) is 4.79 Å². The van der Waals surface area contributed by atoms with Crippen LogP contribution in [0.3, 0.4) is 0 Å². The molecule has 2 N–H and O–H groups in total. The highest BCUT2D eigenvalue weighted by molar-refractivity contribution is 5.83. The van der Waals surface area contributed by atoms with Gasteiger partial charge in [-0.15, -0.1) is 0 Å². The largest absolute Gasteiger partial charge is 0.480 e. The van der Waals surface area contributed by atoms with Crippen molar-refractivity contribution in [1.29, 1.82) is 5.26 Å². The lowest BCUT2D eigenvalue weighted by atomic mass is 9.76. The average molecular weight is 272 g/mol. The molecule has 2 atom stereocenters. The highest BCUT2D eigenvalue weighted by Crippen LogP contribution is 2.36. The van der Waals surface area contributed by atoms with Gasteiger partial charge in [-0.2, -0.15) is 5.26 Å². The summed E-state index contributed by atoms with van der Waals surface area (Å²) in [6, 6.07) is 7.57. The molecule has 0 heterocycles. The van der Waals surface area contributed by atoms with Crippen molar-refractivity contribution in [3.8, 4) is 6.07 Å². The van der Waals surface area contributed by atoms with Crippen LogP contribution in [0, 0.1) is 24.2 Å². The molecular formula is C16H20N2O2. The normalized spacial score (nSPS) is 25.8. The lowest BCUT2D eigenvalue weighted by molar-refractivity contribution is -0.144. The maximum atomic E-state index is 11.8. The van der Waals surface area contributed by atoms with Gasteiger partial charge in [0.05, 0.1) is 11.3 Å². The minimum absolute atomic E-state index is 0.377. The van der Waals surface area contributed by atoms with Gasteiger partial charge in [-0.1, -0.05) is 25.8 Å². The molecule has 1 aromatic rings. The zero-order valence-corrected chi connectivity index (χ0v) is 11.9. The van der Waals surface area contributed by atoms with Crippen LogP contribution in [-0.4, -0.2) is 16.6 Å². The molecular weight excluding hydrogens is 252 g/mol. The Kier molecular flexibility index (Phi) is 3.99. The first-order chi connectivity index (χ1) is 9.47. The monoisotopic (exact) mass is 272 g/mol. The van der Waals surface area contributed by atoms with E-state index >= 15 is 0 Å². The van der Waals surface area contributed by atoms with E-state index < -0.39 is 11.5 Å². The average Bonchev–Trinajstić information content (AvgIpc) is 2.39. The first-order valence-corrected chi connectivity index (χ1v) is 6.99. The number of carboxylic acid groups (broad SMARTS) is 1. The van der Waals surface area contributed by atoms with Gasteiger partial charge in [0.1, 0.15) is 11.6 Å². The Morgan fingerprint density at radius 2 is 2.30 bits per heavy atom. The van der Waals surface area contributed by atoms with Crippen LogP contribution >= 0.6 is 0 Å². The number of nitrogens with zero attached hydrogens (tertiary/aromatic N) is 1. The predicted molar refractivity (Wildman–Crippen MR) is 77.5 cm³/mol. The molecule has 0 aromatic heterocycles. The summed E-state index contributed by atoms with van der Waals surface area (Å²) in [6.07, 6.45) is 3.16. The summed E-state index contributed by atoms with van der Waals surface area (Å²) in [4.78, 5) is 11.8. The van der Waals surface area contributed by atoms with Crippen LogP contribution in [0.2, 0.25) is 0 Å². The molecule has 0 spiro atoms. The number of hydrogen-bond acceptors (Lipinski definition) is 3. The van der Waals surface area contributed by atoms with Crippen molar-refractivity contribution < 1.29 is 9.90 Å². The Morgan fingerprint density at radius 3 is 2.90 bits per heavy atom. The third-order valence-electron chi connectivity index (χ3n) is 4.08. The maximum absolute atomic E-state index is 11.8. The molecule has 20 heavy (non-hydrogen) atoms. The Morgan fingerprint density at radius 1 is 1.55 bits per heavy atom. The number of rotatable bonds is 3. The number of carboxylic acids is 1. The molecule has 106 valence electrons. The van der Waals surface area contributed by atoms with Gasteiger partial charge in [0.25, 0.3) is 0 Å². The van der Waals surface area contributed by atoms with Gasteiger partial charge in [0.2, 0.25) is 0 Å². The smallest absolute Gasteiger partial charge is 0.329 e. The van der Waals surface area contributed by atoms with Gasteiger partial charge < -0.3 is 10.4 Å². The van der Waals surface area contributed by atoms with Crippen LogP contribution in [0.15, 0.2) is 18.2 Å². The standard InChI is InChI=1S/C16H20N2O2/c1-11-5-6-13(10-17)14(8-11)18-16(15(19)20)7-3-4-12(2)9-16/h5-6,8,12,18H,3-4,7,9H2,1-2H3,(H,19,20). The van der Waals surface area contributed by atoms with E-state index in [1.807, 2.05) is 19.1 Å². The van der Waals surface area contributed by atoms with Crippen molar-refractivity contribution in [1.82, 2.24) is 0 Å². The molecule has 0 radical (unpaired) electrons. The lowest BCUT2D eigenvalue weighted by Gasteiger charge is -2.38. The van der Waals surface area contributed by atoms with E-state index in [4.69, 9.17) is 0 Å². The van der Waals surface area contributed by atoms with Crippen LogP contribution in [-0.2, 0) is 4.79 Å². The molecule has 1 aromatic carbocycles. The highest BCUT2D eigenvalue weighted by atomic mass is 16.4. The van der Waals surface area contributed by atoms with Gasteiger partial charge in [0.15, 0.2) is 0 Å². The zero-order valence-electron chi connectivity index (χ0n) is 11.9. The molecule has 0 bridgehead atoms. The molecule has 1 aliphatic rings. The number of nitrogens with one attached hydrogen (secondary N) is 1. The fourth-order valence-corrected chi connectivity index (χ4v) is 3.03. The van der Waals surface area contributed by atoms with E-state index in [0.29, 0.717) is 30.0 Å². The topological polar surface area (TPSA) is 73.1 Å². The van der Waals surface area contributed by atoms with Crippen molar-refractivity contribution in [3.63, 3.8) is 0 Å². The second-order valence-corrected chi connectivity index (χ2v) is 5.87. The minimum Gasteiger partial charge on any atom is -0.480 e. The quantitative estimate of drug-likeness (QED) is 0.885. The fraction of sp³-hybridized carbons (Fsp3) is 0.500. The van der Waals surface area contributed by atoms with Gasteiger partial charge >= 0.3 is 5.97 Å². The Balaban J connectivity index is 2.36. The molecule has 0 aliphatic heterocycles. The summed E-state index contributed by atoms with van der Waals surface area (Å²) < 4.78 is 0. The Labute approximate surface area is 119 Å². The van der Waals surface area contributed by atoms with E-state index in [1.165, 1.54) is 0 Å². The second kappa shape index (κ2) is 5.54. The Bertz CT molecular complexity index is 562. The number of aryl methyl sites for hydroxylation is 1. The molecule has 0 saturated heterocycles. The molecule has 2 rings (SSSR count). The van der Waals surface area contributed by atoms with E-state index in [0.717, 1.165) is 18.4 Å². The van der Waals surface area contributed by atoms with E-state index in [2.05, 4.69) is 18.3 Å². The molecule has 1 saturated carbocycles. The number of carbonyl (C=O) groups is 1. The van der Waals surface area contributed by atoms with Crippen LogP contribution in [0.4, 0.5) is 5.69 Å². The Hall–Kier alpha value is -2.02. The van der Waals surface area contributed by atoms with Crippen molar-refractivity contribution in [2.75, 3.05) is 5.32 Å². The first kappa shape index (κ1) is 14.4. The molecule has 4 heteroatoms. The van der Waals surface area contributed by atoms with Crippen LogP contribution in [0.5, 0.6) is 0 Å². The fourth-order valence-electron chi connectivity index (χ4n) is 3.03. The number of nitriles is 1. The van der Waals surface area contributed by atoms with Gasteiger partial charge in [-0.05, 0) is 43.4 Å². The summed E-state index contributed by atoms with van der Waals surface area (Å²) >= 11 is 0. The number of benzene rings is 1. The lowest BCUT2D eigenvalue weighted by Crippen LogP contribution is -2.49. The predicted octanol–water partition coefficient (Wildman–Crippen LogP) is 3.31. The molecule has 1 fully saturated rings. The number of anilines is 1. The highest BCUT2D eigenvalue weighted by Gasteiger charge is 2.42. The third-order valence-corrected chi connectivity index (χ3v) is 4.08. The SMILES string of the molecule is Cc1ccc(C#N)c(NC2(C(=O)O)CCCC(C)C2)c1. The van der Waals surface area contributed by atoms with Crippen LogP contribution in [0.1, 0.15) is 43.7 Å². The van der Waals surface area contributed by atoms with Gasteiger partial charge in [0, 0.05) is 0 Å². The summed E-state index contributed by atoms with van der Waals surface area (Å²) in [6.45, 7) is 4.02. The molecule has 4 nitrogen and oxygen atoms in total. The number of aliphatic carboxylic acids is 1. The summed E-state index contributed by atoms with van der Waals surface area (Å²) in [5.41, 5.74) is 1.19. The van der Waals surface area contributed by atoms with Crippen molar-refractivity contribution >= 4 is 11.7 Å². The zero-order chi connectivity index (χ0) is 14.8. The summed E-state index contributed by atoms with van der Waals surface area (Å²) in [5, 5.41) is 22.0. The molecule has 0 amide bonds. The summed E-state index contributed by atoms with van der Waals surface area (Å²) in [5.74, 6) is -0.447. The van der Waals surface area contributed by atoms with E-state index in [-0.39, 0.29) is 0 Å². The van der Waals surface area contributed by atoms with Crippen molar-refractivity contribution in [2.24, 2.45) is 5.92 Å². The number of hydrogen-bond donors (Lipinski definition) is 2. The third kappa shape index (κ3) is 2.77. The second-order valence-electron chi connectivity index (χ2n) is 5.87. The van der Waals surface area contributed by atoms with E-state index in [9.17, 15) is 15.2 Å². The van der Waals surface area contributed by atoms with E-state index in [1.54, 1.807) is 6.07 Å². The van der Waals surface area contributed by atoms with Crippen molar-refractivity contribution in [2.45, 2.75) is 45.1 Å². The molecule has 1 aliphatic carbocycles. The van der Waals surface area contributed by atoms with Crippen LogP contribution < -0.4 is 5.32 Å². The minimum atomic E-state index is -0.947. The molecule has 2 unspecified atom stereocenters. The summed E-state index contributed by atoms with van der Waals surface area (Å²) in [7, 11) is 0. The van der Waals surface area contributed by atoms with Crippen LogP contribution in [0.25, 0.3) is 0 Å². The maximum Gasteiger partial charge on any atom is 0.329 e. The first-order valence-electron chi connectivity index (χ1n) is 6.99. The van der Waals surface area contributed by atoms with Crippen molar-refractivity contribution in [3.05, 3.63) is 29.3 Å².